The van der Waals surface area contributed by atoms with Gasteiger partial charge in [-0.3, -0.25) is 4.57 Å². The first kappa shape index (κ1) is 23.8. The van der Waals surface area contributed by atoms with Gasteiger partial charge in [0.25, 0.3) is 0 Å². The van der Waals surface area contributed by atoms with E-state index in [1.54, 1.807) is 34.9 Å². The van der Waals surface area contributed by atoms with Crippen LogP contribution in [0.25, 0.3) is 11.0 Å². The number of halogens is 1. The molecular weight excluding hydrogens is 454 g/mol. The third kappa shape index (κ3) is 4.30. The molecule has 2 aliphatic heterocycles. The van der Waals surface area contributed by atoms with Crippen molar-refractivity contribution in [3.8, 4) is 11.8 Å². The third-order valence-electron chi connectivity index (χ3n) is 7.00. The lowest BCUT2D eigenvalue weighted by atomic mass is 9.79. The number of methoxy groups -OCH3 is 1. The van der Waals surface area contributed by atoms with E-state index >= 15 is 4.39 Å². The molecule has 0 spiro atoms. The zero-order valence-corrected chi connectivity index (χ0v) is 20.5. The van der Waals surface area contributed by atoms with Crippen LogP contribution in [0.4, 0.5) is 4.39 Å². The van der Waals surface area contributed by atoms with Crippen molar-refractivity contribution >= 4 is 29.6 Å². The van der Waals surface area contributed by atoms with Gasteiger partial charge in [-0.25, -0.2) is 9.18 Å². The molecule has 0 unspecified atom stereocenters. The Labute approximate surface area is 203 Å². The molecule has 2 saturated heterocycles. The number of hydrogen-bond acceptors (Lipinski definition) is 7. The summed E-state index contributed by atoms with van der Waals surface area (Å²) in [6.07, 6.45) is 0.888. The number of rotatable bonds is 6. The SMILES string of the molecule is COC(=O)c1ccc2nc(Oc3ccc(B4OC(C)(C)C(C)(C)O4)cc3F)n(C[C@@H]3CCO3)c2c1. The van der Waals surface area contributed by atoms with E-state index in [2.05, 4.69) is 4.98 Å². The second kappa shape index (κ2) is 8.62. The van der Waals surface area contributed by atoms with Crippen LogP contribution in [0.5, 0.6) is 11.8 Å². The highest BCUT2D eigenvalue weighted by atomic mass is 19.1. The number of fused-ring (bicyclic) bond motifs is 1. The van der Waals surface area contributed by atoms with Crippen LogP contribution in [0.1, 0.15) is 44.5 Å². The first-order chi connectivity index (χ1) is 16.6. The lowest BCUT2D eigenvalue weighted by Gasteiger charge is -2.32. The highest BCUT2D eigenvalue weighted by Gasteiger charge is 2.51. The van der Waals surface area contributed by atoms with E-state index in [9.17, 15) is 4.79 Å². The van der Waals surface area contributed by atoms with Crippen LogP contribution in [0.15, 0.2) is 36.4 Å². The first-order valence-corrected chi connectivity index (χ1v) is 11.6. The van der Waals surface area contributed by atoms with Gasteiger partial charge in [-0.05, 0) is 69.9 Å². The molecular formula is C25H28BFN2O6. The molecule has 10 heteroatoms. The molecule has 5 rings (SSSR count). The smallest absolute Gasteiger partial charge is 0.465 e. The van der Waals surface area contributed by atoms with E-state index in [0.717, 1.165) is 6.42 Å². The third-order valence-corrected chi connectivity index (χ3v) is 7.00. The standard InChI is InChI=1S/C25H28BFN2O6/c1-24(2)25(3,4)35-26(34-24)16-7-9-21(18(27)13-16)33-23-28-19-8-6-15(22(30)31-5)12-20(19)29(23)14-17-10-11-32-17/h6-9,12-13,17H,10-11,14H2,1-5H3/t17-/m0/s1. The lowest BCUT2D eigenvalue weighted by molar-refractivity contribution is -0.0593. The predicted octanol–water partition coefficient (Wildman–Crippen LogP) is 3.84. The van der Waals surface area contributed by atoms with E-state index < -0.39 is 30.1 Å². The lowest BCUT2D eigenvalue weighted by Crippen LogP contribution is -2.41. The molecule has 0 saturated carbocycles. The molecule has 35 heavy (non-hydrogen) atoms. The summed E-state index contributed by atoms with van der Waals surface area (Å²) >= 11 is 0. The summed E-state index contributed by atoms with van der Waals surface area (Å²) in [6, 6.07) is 9.86. The molecule has 184 valence electrons. The van der Waals surface area contributed by atoms with E-state index in [1.165, 1.54) is 13.2 Å². The summed E-state index contributed by atoms with van der Waals surface area (Å²) in [6.45, 7) is 8.94. The van der Waals surface area contributed by atoms with Gasteiger partial charge in [0.05, 0.1) is 47.6 Å². The predicted molar refractivity (Wildman–Crippen MR) is 128 cm³/mol. The first-order valence-electron chi connectivity index (χ1n) is 11.6. The number of nitrogens with zero attached hydrogens (tertiary/aromatic N) is 2. The fraction of sp³-hybridized carbons (Fsp3) is 0.440. The van der Waals surface area contributed by atoms with Crippen molar-refractivity contribution in [1.82, 2.24) is 9.55 Å². The number of esters is 1. The van der Waals surface area contributed by atoms with Crippen molar-refractivity contribution in [2.75, 3.05) is 13.7 Å². The molecule has 3 heterocycles. The summed E-state index contributed by atoms with van der Waals surface area (Å²) in [7, 11) is 0.650. The molecule has 2 fully saturated rings. The number of ether oxygens (including phenoxy) is 3. The maximum Gasteiger partial charge on any atom is 0.494 e. The van der Waals surface area contributed by atoms with Crippen LogP contribution in [0.2, 0.25) is 0 Å². The van der Waals surface area contributed by atoms with E-state index in [0.29, 0.717) is 35.2 Å². The molecule has 2 aliphatic rings. The number of carbonyl (C=O) groups excluding carboxylic acids is 1. The van der Waals surface area contributed by atoms with Gasteiger partial charge in [-0.15, -0.1) is 0 Å². The molecule has 1 atom stereocenters. The molecule has 2 aromatic carbocycles. The van der Waals surface area contributed by atoms with E-state index in [-0.39, 0.29) is 17.9 Å². The van der Waals surface area contributed by atoms with Crippen molar-refractivity contribution in [2.24, 2.45) is 0 Å². The van der Waals surface area contributed by atoms with Gasteiger partial charge >= 0.3 is 19.1 Å². The van der Waals surface area contributed by atoms with Crippen molar-refractivity contribution in [3.05, 3.63) is 47.8 Å². The van der Waals surface area contributed by atoms with Crippen LogP contribution >= 0.6 is 0 Å². The quantitative estimate of drug-likeness (QED) is 0.390. The minimum atomic E-state index is -0.680. The Balaban J connectivity index is 1.45. The molecule has 0 amide bonds. The second-order valence-electron chi connectivity index (χ2n) is 9.86. The number of aromatic nitrogens is 2. The normalized spacial score (nSPS) is 20.6. The van der Waals surface area contributed by atoms with Crippen molar-refractivity contribution in [2.45, 2.75) is 58.0 Å². The second-order valence-corrected chi connectivity index (χ2v) is 9.86. The maximum absolute atomic E-state index is 15.2. The van der Waals surface area contributed by atoms with Crippen molar-refractivity contribution in [1.29, 1.82) is 0 Å². The van der Waals surface area contributed by atoms with Gasteiger partial charge in [-0.2, -0.15) is 4.98 Å². The van der Waals surface area contributed by atoms with Crippen LogP contribution in [-0.2, 0) is 25.3 Å². The summed E-state index contributed by atoms with van der Waals surface area (Å²) in [5.41, 5.74) is 1.18. The summed E-state index contributed by atoms with van der Waals surface area (Å²) in [5.74, 6) is -0.998. The topological polar surface area (TPSA) is 81.0 Å². The zero-order chi connectivity index (χ0) is 25.0. The molecule has 8 nitrogen and oxygen atoms in total. The maximum atomic E-state index is 15.2. The minimum absolute atomic E-state index is 0.00729. The van der Waals surface area contributed by atoms with Gasteiger partial charge in [0.15, 0.2) is 11.6 Å². The van der Waals surface area contributed by atoms with Gasteiger partial charge in [-0.1, -0.05) is 6.07 Å². The Kier molecular flexibility index (Phi) is 5.86. The molecule has 0 bridgehead atoms. The Bertz CT molecular complexity index is 1270. The van der Waals surface area contributed by atoms with Crippen LogP contribution < -0.4 is 10.2 Å². The Morgan fingerprint density at radius 3 is 2.49 bits per heavy atom. The van der Waals surface area contributed by atoms with E-state index in [4.69, 9.17) is 23.5 Å². The fourth-order valence-corrected chi connectivity index (χ4v) is 4.06. The Hall–Kier alpha value is -2.95. The molecule has 3 aromatic rings. The van der Waals surface area contributed by atoms with Gasteiger partial charge in [0, 0.05) is 6.61 Å². The summed E-state index contributed by atoms with van der Waals surface area (Å²) < 4.78 is 45.4. The molecule has 0 radical (unpaired) electrons. The van der Waals surface area contributed by atoms with Crippen LogP contribution in [-0.4, -0.2) is 53.7 Å². The highest BCUT2D eigenvalue weighted by Crippen LogP contribution is 2.37. The molecule has 1 aromatic heterocycles. The Morgan fingerprint density at radius 2 is 1.89 bits per heavy atom. The number of carbonyl (C=O) groups is 1. The minimum Gasteiger partial charge on any atom is -0.465 e. The number of benzene rings is 2. The molecule has 0 N–H and O–H groups in total. The van der Waals surface area contributed by atoms with Gasteiger partial charge in [0.2, 0.25) is 0 Å². The van der Waals surface area contributed by atoms with Crippen LogP contribution in [0, 0.1) is 5.82 Å². The van der Waals surface area contributed by atoms with Crippen molar-refractivity contribution in [3.63, 3.8) is 0 Å². The fourth-order valence-electron chi connectivity index (χ4n) is 4.06. The van der Waals surface area contributed by atoms with Gasteiger partial charge < -0.3 is 23.5 Å². The highest BCUT2D eigenvalue weighted by molar-refractivity contribution is 6.62. The average Bonchev–Trinajstić information content (AvgIpc) is 3.23. The largest absolute Gasteiger partial charge is 0.494 e. The number of imidazole rings is 1. The summed E-state index contributed by atoms with van der Waals surface area (Å²) in [4.78, 5) is 16.6. The van der Waals surface area contributed by atoms with Crippen LogP contribution in [0.3, 0.4) is 0 Å². The summed E-state index contributed by atoms with van der Waals surface area (Å²) in [5, 5.41) is 0. The zero-order valence-electron chi connectivity index (χ0n) is 20.5. The number of hydrogen-bond donors (Lipinski definition) is 0. The Morgan fingerprint density at radius 1 is 1.17 bits per heavy atom. The van der Waals surface area contributed by atoms with Gasteiger partial charge in [0.1, 0.15) is 0 Å². The molecule has 0 aliphatic carbocycles. The van der Waals surface area contributed by atoms with E-state index in [1.807, 2.05) is 27.7 Å². The average molecular weight is 482 g/mol. The monoisotopic (exact) mass is 482 g/mol. The van der Waals surface area contributed by atoms with Crippen molar-refractivity contribution < 1.29 is 32.7 Å².